The van der Waals surface area contributed by atoms with Gasteiger partial charge in [0, 0.05) is 45.3 Å². The lowest BCUT2D eigenvalue weighted by molar-refractivity contribution is 0.159. The van der Waals surface area contributed by atoms with E-state index in [2.05, 4.69) is 34.4 Å². The first kappa shape index (κ1) is 23.2. The molecule has 7 nitrogen and oxygen atoms in total. The Labute approximate surface area is 160 Å². The van der Waals surface area contributed by atoms with Gasteiger partial charge in [-0.2, -0.15) is 0 Å². The molecule has 0 spiro atoms. The summed E-state index contributed by atoms with van der Waals surface area (Å²) in [4.78, 5) is 7.14. The summed E-state index contributed by atoms with van der Waals surface area (Å²) in [6.07, 6.45) is 7.09. The minimum absolute atomic E-state index is 0.510. The molecule has 1 rings (SSSR count). The van der Waals surface area contributed by atoms with Crippen molar-refractivity contribution in [2.24, 2.45) is 4.99 Å². The first-order valence-electron chi connectivity index (χ1n) is 10.1. The number of guanidine groups is 1. The fourth-order valence-electron chi connectivity index (χ4n) is 3.32. The van der Waals surface area contributed by atoms with Crippen molar-refractivity contribution in [1.29, 1.82) is 0 Å². The zero-order chi connectivity index (χ0) is 19.4. The molecule has 1 fully saturated rings. The number of hydrogen-bond acceptors (Lipinski definition) is 4. The molecule has 0 aromatic rings. The van der Waals surface area contributed by atoms with Crippen LogP contribution in [0, 0.1) is 0 Å². The zero-order valence-electron chi connectivity index (χ0n) is 17.1. The van der Waals surface area contributed by atoms with Crippen LogP contribution in [0.4, 0.5) is 0 Å². The fourth-order valence-corrected chi connectivity index (χ4v) is 4.25. The number of sulfonamides is 1. The van der Waals surface area contributed by atoms with Gasteiger partial charge in [-0.1, -0.05) is 13.3 Å². The highest BCUT2D eigenvalue weighted by Crippen LogP contribution is 2.15. The number of hydrogen-bond donors (Lipinski definition) is 2. The molecule has 0 saturated carbocycles. The summed E-state index contributed by atoms with van der Waals surface area (Å²) in [5.74, 6) is 0.821. The Bertz CT molecular complexity index is 510. The first-order valence-corrected chi connectivity index (χ1v) is 11.9. The van der Waals surface area contributed by atoms with Gasteiger partial charge in [-0.25, -0.2) is 12.7 Å². The maximum atomic E-state index is 11.6. The molecule has 26 heavy (non-hydrogen) atoms. The highest BCUT2D eigenvalue weighted by atomic mass is 32.2. The predicted octanol–water partition coefficient (Wildman–Crippen LogP) is 1.48. The van der Waals surface area contributed by atoms with Gasteiger partial charge < -0.3 is 15.5 Å². The van der Waals surface area contributed by atoms with Gasteiger partial charge in [0.1, 0.15) is 0 Å². The number of nitrogens with zero attached hydrogens (tertiary/aromatic N) is 3. The van der Waals surface area contributed by atoms with Crippen molar-refractivity contribution in [1.82, 2.24) is 19.8 Å². The molecule has 0 radical (unpaired) electrons. The first-order chi connectivity index (χ1) is 12.4. The van der Waals surface area contributed by atoms with Gasteiger partial charge in [0.2, 0.25) is 10.0 Å². The second-order valence-electron chi connectivity index (χ2n) is 7.03. The van der Waals surface area contributed by atoms with Gasteiger partial charge in [-0.3, -0.25) is 4.99 Å². The van der Waals surface area contributed by atoms with E-state index in [1.165, 1.54) is 36.4 Å². The Morgan fingerprint density at radius 2 is 2.00 bits per heavy atom. The minimum Gasteiger partial charge on any atom is -0.357 e. The number of rotatable bonds is 11. The van der Waals surface area contributed by atoms with E-state index >= 15 is 0 Å². The fraction of sp³-hybridized carbons (Fsp3) is 0.944. The smallest absolute Gasteiger partial charge is 0.211 e. The van der Waals surface area contributed by atoms with E-state index in [-0.39, 0.29) is 0 Å². The van der Waals surface area contributed by atoms with Crippen molar-refractivity contribution < 1.29 is 8.42 Å². The van der Waals surface area contributed by atoms with E-state index in [0.29, 0.717) is 25.7 Å². The van der Waals surface area contributed by atoms with Crippen LogP contribution in [0.15, 0.2) is 4.99 Å². The van der Waals surface area contributed by atoms with Crippen molar-refractivity contribution in [3.63, 3.8) is 0 Å². The molecule has 1 aliphatic rings. The third kappa shape index (κ3) is 9.19. The van der Waals surface area contributed by atoms with Crippen molar-refractivity contribution >= 4 is 16.0 Å². The standard InChI is InChI=1S/C18H39N5O2S/c1-5-19-18(21-13-10-16-23(6-2)26(4,24)25)20-12-9-15-22-14-8-7-11-17(22)3/h17H,5-16H2,1-4H3,(H2,19,20,21). The monoisotopic (exact) mass is 389 g/mol. The van der Waals surface area contributed by atoms with Crippen LogP contribution in [0.5, 0.6) is 0 Å². The molecule has 1 heterocycles. The predicted molar refractivity (Wildman–Crippen MR) is 110 cm³/mol. The summed E-state index contributed by atoms with van der Waals surface area (Å²) in [6, 6.07) is 0.710. The van der Waals surface area contributed by atoms with Crippen LogP contribution in [0.1, 0.15) is 52.9 Å². The summed E-state index contributed by atoms with van der Waals surface area (Å²) in [5.41, 5.74) is 0. The maximum absolute atomic E-state index is 11.6. The highest BCUT2D eigenvalue weighted by Gasteiger charge is 2.17. The second kappa shape index (κ2) is 12.5. The van der Waals surface area contributed by atoms with Crippen LogP contribution in [0.3, 0.4) is 0 Å². The van der Waals surface area contributed by atoms with Crippen LogP contribution in [0.25, 0.3) is 0 Å². The van der Waals surface area contributed by atoms with Crippen molar-refractivity contribution in [3.8, 4) is 0 Å². The van der Waals surface area contributed by atoms with Crippen LogP contribution >= 0.6 is 0 Å². The van der Waals surface area contributed by atoms with Crippen molar-refractivity contribution in [3.05, 3.63) is 0 Å². The third-order valence-corrected chi connectivity index (χ3v) is 6.24. The van der Waals surface area contributed by atoms with Crippen molar-refractivity contribution in [2.45, 2.75) is 58.9 Å². The van der Waals surface area contributed by atoms with E-state index in [0.717, 1.165) is 38.4 Å². The van der Waals surface area contributed by atoms with Crippen LogP contribution in [-0.4, -0.2) is 81.7 Å². The SMILES string of the molecule is CCNC(=NCCCN(CC)S(C)(=O)=O)NCCCN1CCCCC1C. The molecule has 8 heteroatoms. The van der Waals surface area contributed by atoms with E-state index < -0.39 is 10.0 Å². The summed E-state index contributed by atoms with van der Waals surface area (Å²) >= 11 is 0. The van der Waals surface area contributed by atoms with Gasteiger partial charge in [-0.15, -0.1) is 0 Å². The van der Waals surface area contributed by atoms with Crippen LogP contribution in [-0.2, 0) is 10.0 Å². The average Bonchev–Trinajstić information content (AvgIpc) is 2.58. The summed E-state index contributed by atoms with van der Waals surface area (Å²) in [6.45, 7) is 12.0. The van der Waals surface area contributed by atoms with Crippen LogP contribution < -0.4 is 10.6 Å². The van der Waals surface area contributed by atoms with E-state index in [1.54, 1.807) is 0 Å². The molecule has 0 bridgehead atoms. The van der Waals surface area contributed by atoms with E-state index in [4.69, 9.17) is 0 Å². The molecule has 0 aliphatic carbocycles. The molecule has 1 aliphatic heterocycles. The molecular weight excluding hydrogens is 350 g/mol. The second-order valence-corrected chi connectivity index (χ2v) is 9.01. The van der Waals surface area contributed by atoms with Gasteiger partial charge in [-0.05, 0) is 46.1 Å². The Kier molecular flexibility index (Phi) is 11.2. The normalized spacial score (nSPS) is 19.7. The van der Waals surface area contributed by atoms with E-state index in [1.807, 2.05) is 6.92 Å². The van der Waals surface area contributed by atoms with Crippen molar-refractivity contribution in [2.75, 3.05) is 52.1 Å². The summed E-state index contributed by atoms with van der Waals surface area (Å²) < 4.78 is 24.7. The zero-order valence-corrected chi connectivity index (χ0v) is 17.9. The van der Waals surface area contributed by atoms with E-state index in [9.17, 15) is 8.42 Å². The molecule has 1 saturated heterocycles. The average molecular weight is 390 g/mol. The quantitative estimate of drug-likeness (QED) is 0.318. The largest absolute Gasteiger partial charge is 0.357 e. The topological polar surface area (TPSA) is 77.0 Å². The van der Waals surface area contributed by atoms with Gasteiger partial charge in [0.05, 0.1) is 6.26 Å². The summed E-state index contributed by atoms with van der Waals surface area (Å²) in [7, 11) is -3.11. The number of aliphatic imine (C=N–C) groups is 1. The molecule has 1 atom stereocenters. The summed E-state index contributed by atoms with van der Waals surface area (Å²) in [5, 5.41) is 6.64. The van der Waals surface area contributed by atoms with Gasteiger partial charge in [0.15, 0.2) is 5.96 Å². The molecule has 0 amide bonds. The number of piperidine rings is 1. The molecule has 0 aromatic heterocycles. The maximum Gasteiger partial charge on any atom is 0.211 e. The van der Waals surface area contributed by atoms with Gasteiger partial charge in [0.25, 0.3) is 0 Å². The molecule has 1 unspecified atom stereocenters. The lowest BCUT2D eigenvalue weighted by Crippen LogP contribution is -2.41. The minimum atomic E-state index is -3.11. The lowest BCUT2D eigenvalue weighted by Gasteiger charge is -2.33. The molecule has 2 N–H and O–H groups in total. The number of nitrogens with one attached hydrogen (secondary N) is 2. The molecule has 154 valence electrons. The molecule has 0 aromatic carbocycles. The van der Waals surface area contributed by atoms with Gasteiger partial charge >= 0.3 is 0 Å². The molecular formula is C18H39N5O2S. The highest BCUT2D eigenvalue weighted by molar-refractivity contribution is 7.88. The third-order valence-electron chi connectivity index (χ3n) is 4.86. The number of likely N-dealkylation sites (tertiary alicyclic amines) is 1. The Morgan fingerprint density at radius 3 is 2.62 bits per heavy atom. The van der Waals surface area contributed by atoms with Crippen LogP contribution in [0.2, 0.25) is 0 Å². The lowest BCUT2D eigenvalue weighted by atomic mass is 10.0. The Morgan fingerprint density at radius 1 is 1.23 bits per heavy atom. The Balaban J connectivity index is 2.29. The Hall–Kier alpha value is -0.860.